The molecule has 0 amide bonds. The van der Waals surface area contributed by atoms with E-state index < -0.39 is 0 Å². The van der Waals surface area contributed by atoms with Crippen LogP contribution in [0.2, 0.25) is 0 Å². The van der Waals surface area contributed by atoms with E-state index in [9.17, 15) is 0 Å². The zero-order valence-corrected chi connectivity index (χ0v) is 20.8. The molecule has 4 rings (SSSR count). The highest BCUT2D eigenvalue weighted by Crippen LogP contribution is 2.28. The van der Waals surface area contributed by atoms with Gasteiger partial charge in [0.15, 0.2) is 5.13 Å². The van der Waals surface area contributed by atoms with Crippen LogP contribution in [0.4, 0.5) is 28.7 Å². The lowest BCUT2D eigenvalue weighted by Crippen LogP contribution is -2.45. The number of rotatable bonds is 8. The molecule has 1 aliphatic heterocycles. The van der Waals surface area contributed by atoms with Gasteiger partial charge in [-0.1, -0.05) is 59.9 Å². The van der Waals surface area contributed by atoms with Crippen molar-refractivity contribution in [3.63, 3.8) is 0 Å². The summed E-state index contributed by atoms with van der Waals surface area (Å²) < 4.78 is 0. The third-order valence-corrected chi connectivity index (χ3v) is 6.53. The lowest BCUT2D eigenvalue weighted by molar-refractivity contribution is 0.311. The smallest absolute Gasteiger partial charge is 0.235 e. The summed E-state index contributed by atoms with van der Waals surface area (Å²) in [5.41, 5.74) is 1.73. The molecule has 3 heterocycles. The van der Waals surface area contributed by atoms with Gasteiger partial charge in [-0.15, -0.1) is 0 Å². The second-order valence-electron chi connectivity index (χ2n) is 7.75. The van der Waals surface area contributed by atoms with Gasteiger partial charge >= 0.3 is 0 Å². The maximum atomic E-state index is 6.04. The van der Waals surface area contributed by atoms with Crippen LogP contribution in [0, 0.1) is 0 Å². The molecule has 10 heteroatoms. The Hall–Kier alpha value is -3.27. The number of piperazine rings is 1. The predicted molar refractivity (Wildman–Crippen MR) is 142 cm³/mol. The van der Waals surface area contributed by atoms with Crippen LogP contribution in [0.1, 0.15) is 11.8 Å². The first-order valence-corrected chi connectivity index (χ1v) is 12.1. The van der Waals surface area contributed by atoms with Crippen molar-refractivity contribution >= 4 is 57.2 Å². The highest BCUT2D eigenvalue weighted by Gasteiger charge is 2.19. The number of thiazole rings is 1. The fourth-order valence-corrected chi connectivity index (χ4v) is 4.03. The van der Waals surface area contributed by atoms with Gasteiger partial charge in [0.1, 0.15) is 0 Å². The lowest BCUT2D eigenvalue weighted by atomic mass is 10.2. The molecule has 34 heavy (non-hydrogen) atoms. The summed E-state index contributed by atoms with van der Waals surface area (Å²) in [7, 11) is 2.12. The van der Waals surface area contributed by atoms with Gasteiger partial charge in [0.05, 0.1) is 4.88 Å². The van der Waals surface area contributed by atoms with Gasteiger partial charge in [-0.2, -0.15) is 15.0 Å². The van der Waals surface area contributed by atoms with Crippen molar-refractivity contribution in [1.82, 2.24) is 24.8 Å². The Balaban J connectivity index is 1.56. The van der Waals surface area contributed by atoms with Gasteiger partial charge < -0.3 is 15.1 Å². The van der Waals surface area contributed by atoms with Crippen LogP contribution >= 0.6 is 22.9 Å². The SMILES string of the molecule is C=C(C=CC(Cl)=CC)c1cnc(Nc2nc(Nc3ccccc3)nc(N3CCN(C)CC3)n2)s1. The zero-order chi connectivity index (χ0) is 23.9. The van der Waals surface area contributed by atoms with Crippen molar-refractivity contribution in [3.8, 4) is 0 Å². The maximum Gasteiger partial charge on any atom is 0.235 e. The van der Waals surface area contributed by atoms with E-state index in [1.807, 2.05) is 55.5 Å². The molecule has 0 bridgehead atoms. The molecule has 0 saturated carbocycles. The number of anilines is 5. The quantitative estimate of drug-likeness (QED) is 0.409. The van der Waals surface area contributed by atoms with E-state index >= 15 is 0 Å². The summed E-state index contributed by atoms with van der Waals surface area (Å²) in [5.74, 6) is 1.54. The second-order valence-corrected chi connectivity index (χ2v) is 9.22. The van der Waals surface area contributed by atoms with Crippen LogP contribution in [-0.2, 0) is 0 Å². The molecule has 2 N–H and O–H groups in total. The highest BCUT2D eigenvalue weighted by molar-refractivity contribution is 7.16. The minimum atomic E-state index is 0.432. The van der Waals surface area contributed by atoms with Gasteiger partial charge in [-0.05, 0) is 37.8 Å². The summed E-state index contributed by atoms with van der Waals surface area (Å²) in [6.07, 6.45) is 7.28. The van der Waals surface area contributed by atoms with Crippen LogP contribution in [0.15, 0.2) is 66.4 Å². The predicted octanol–water partition coefficient (Wildman–Crippen LogP) is 5.28. The molecular weight excluding hydrogens is 468 g/mol. The lowest BCUT2D eigenvalue weighted by Gasteiger charge is -2.32. The van der Waals surface area contributed by atoms with E-state index in [0.29, 0.717) is 28.0 Å². The maximum absolute atomic E-state index is 6.04. The van der Waals surface area contributed by atoms with Crippen LogP contribution in [0.5, 0.6) is 0 Å². The van der Waals surface area contributed by atoms with Crippen molar-refractivity contribution < 1.29 is 0 Å². The Morgan fingerprint density at radius 3 is 2.44 bits per heavy atom. The van der Waals surface area contributed by atoms with Crippen LogP contribution < -0.4 is 15.5 Å². The van der Waals surface area contributed by atoms with E-state index in [1.54, 1.807) is 6.20 Å². The zero-order valence-electron chi connectivity index (χ0n) is 19.2. The number of hydrogen-bond acceptors (Lipinski definition) is 9. The topological polar surface area (TPSA) is 82.1 Å². The Morgan fingerprint density at radius 2 is 1.74 bits per heavy atom. The molecule has 0 spiro atoms. The van der Waals surface area contributed by atoms with E-state index in [4.69, 9.17) is 11.6 Å². The molecule has 0 unspecified atom stereocenters. The fourth-order valence-electron chi connectivity index (χ4n) is 3.21. The van der Waals surface area contributed by atoms with Gasteiger partial charge in [0.25, 0.3) is 0 Å². The summed E-state index contributed by atoms with van der Waals surface area (Å²) in [6.45, 7) is 9.61. The molecule has 3 aromatic rings. The first kappa shape index (κ1) is 23.9. The Morgan fingerprint density at radius 1 is 1.03 bits per heavy atom. The minimum absolute atomic E-state index is 0.432. The first-order chi connectivity index (χ1) is 16.5. The number of nitrogens with one attached hydrogen (secondary N) is 2. The Bertz CT molecular complexity index is 1180. The van der Waals surface area contributed by atoms with E-state index in [2.05, 4.69) is 54.0 Å². The number of allylic oxidation sites excluding steroid dienone is 5. The Labute approximate surface area is 208 Å². The third-order valence-electron chi connectivity index (χ3n) is 5.20. The number of likely N-dealkylation sites (N-methyl/N-ethyl adjacent to an activating group) is 1. The summed E-state index contributed by atoms with van der Waals surface area (Å²) in [6, 6.07) is 9.84. The van der Waals surface area contributed by atoms with Crippen LogP contribution in [0.25, 0.3) is 5.57 Å². The minimum Gasteiger partial charge on any atom is -0.338 e. The van der Waals surface area contributed by atoms with Gasteiger partial charge in [-0.3, -0.25) is 5.32 Å². The number of para-hydroxylation sites is 1. The van der Waals surface area contributed by atoms with Crippen LogP contribution in [-0.4, -0.2) is 58.1 Å². The molecule has 1 saturated heterocycles. The summed E-state index contributed by atoms with van der Waals surface area (Å²) in [5, 5.41) is 7.84. The fraction of sp³-hybridized carbons (Fsp3) is 0.250. The molecule has 1 fully saturated rings. The molecule has 8 nitrogen and oxygen atoms in total. The van der Waals surface area contributed by atoms with E-state index in [-0.39, 0.29) is 0 Å². The molecule has 1 aliphatic rings. The monoisotopic (exact) mass is 494 g/mol. The molecule has 176 valence electrons. The largest absolute Gasteiger partial charge is 0.338 e. The number of hydrogen-bond donors (Lipinski definition) is 2. The van der Waals surface area contributed by atoms with E-state index in [0.717, 1.165) is 42.3 Å². The van der Waals surface area contributed by atoms with Gasteiger partial charge in [0.2, 0.25) is 17.8 Å². The summed E-state index contributed by atoms with van der Waals surface area (Å²) >= 11 is 7.51. The highest BCUT2D eigenvalue weighted by atomic mass is 35.5. The van der Waals surface area contributed by atoms with Gasteiger partial charge in [-0.25, -0.2) is 4.98 Å². The van der Waals surface area contributed by atoms with Crippen molar-refractivity contribution in [1.29, 1.82) is 0 Å². The molecule has 0 aliphatic carbocycles. The first-order valence-electron chi connectivity index (χ1n) is 10.9. The van der Waals surface area contributed by atoms with Gasteiger partial charge in [0, 0.05) is 43.1 Å². The molecule has 2 aromatic heterocycles. The molecule has 0 radical (unpaired) electrons. The number of benzene rings is 1. The average Bonchev–Trinajstić information content (AvgIpc) is 3.31. The number of aromatic nitrogens is 4. The van der Waals surface area contributed by atoms with Crippen molar-refractivity contribution in [3.05, 3.63) is 71.2 Å². The number of halogens is 1. The second kappa shape index (κ2) is 11.2. The molecular formula is C24H27ClN8S. The van der Waals surface area contributed by atoms with Crippen molar-refractivity contribution in [2.24, 2.45) is 0 Å². The normalized spacial score (nSPS) is 15.0. The molecule has 0 atom stereocenters. The standard InChI is InChI=1S/C24H27ClN8S/c1-4-18(25)11-10-17(2)20-16-26-24(34-20)31-22-28-21(27-19-8-6-5-7-9-19)29-23(30-22)33-14-12-32(3)13-15-33/h4-11,16H,2,12-15H2,1,3H3,(H2,26,27,28,29,30,31). The van der Waals surface area contributed by atoms with E-state index in [1.165, 1.54) is 11.3 Å². The van der Waals surface area contributed by atoms with Crippen molar-refractivity contribution in [2.45, 2.75) is 6.92 Å². The average molecular weight is 495 g/mol. The van der Waals surface area contributed by atoms with Crippen molar-refractivity contribution in [2.75, 3.05) is 48.8 Å². The third kappa shape index (κ3) is 6.40. The number of nitrogens with zero attached hydrogens (tertiary/aromatic N) is 6. The summed E-state index contributed by atoms with van der Waals surface area (Å²) in [4.78, 5) is 23.8. The van der Waals surface area contributed by atoms with Crippen LogP contribution in [0.3, 0.4) is 0 Å². The Kier molecular flexibility index (Phi) is 7.89. The molecule has 1 aromatic carbocycles.